The number of hydrogen-bond donors (Lipinski definition) is 6. The fourth-order valence-electron chi connectivity index (χ4n) is 7.10. The summed E-state index contributed by atoms with van der Waals surface area (Å²) in [7, 11) is 1.54. The first-order valence-electron chi connectivity index (χ1n) is 20.5. The number of hydrogen-bond acceptors (Lipinski definition) is 9. The Morgan fingerprint density at radius 2 is 1.52 bits per heavy atom. The zero-order valence-corrected chi connectivity index (χ0v) is 35.2. The van der Waals surface area contributed by atoms with Gasteiger partial charge in [0.25, 0.3) is 0 Å². The Kier molecular flexibility index (Phi) is 15.8. The van der Waals surface area contributed by atoms with Crippen molar-refractivity contribution in [1.82, 2.24) is 51.2 Å². The Morgan fingerprint density at radius 1 is 0.833 bits per heavy atom. The lowest BCUT2D eigenvalue weighted by molar-refractivity contribution is -0.138. The molecule has 1 fully saturated rings. The van der Waals surface area contributed by atoms with Gasteiger partial charge in [-0.2, -0.15) is 5.10 Å². The van der Waals surface area contributed by atoms with Crippen LogP contribution in [0.3, 0.4) is 0 Å². The number of nitrogens with zero attached hydrogens (tertiary/aromatic N) is 4. The highest BCUT2D eigenvalue weighted by atomic mass is 16.5. The van der Waals surface area contributed by atoms with E-state index in [0.29, 0.717) is 24.3 Å². The third kappa shape index (κ3) is 12.6. The van der Waals surface area contributed by atoms with Crippen LogP contribution in [0.1, 0.15) is 65.0 Å². The minimum atomic E-state index is -1.16. The van der Waals surface area contributed by atoms with Crippen molar-refractivity contribution in [1.29, 1.82) is 0 Å². The van der Waals surface area contributed by atoms with Crippen molar-refractivity contribution in [2.24, 2.45) is 11.8 Å². The van der Waals surface area contributed by atoms with Gasteiger partial charge in [-0.1, -0.05) is 58.0 Å². The van der Waals surface area contributed by atoms with Crippen molar-refractivity contribution in [2.45, 2.75) is 103 Å². The van der Waals surface area contributed by atoms with Crippen LogP contribution in [-0.4, -0.2) is 110 Å². The van der Waals surface area contributed by atoms with Crippen LogP contribution in [0.5, 0.6) is 5.75 Å². The number of nitrogens with one attached hydrogen (secondary N) is 6. The van der Waals surface area contributed by atoms with Crippen molar-refractivity contribution in [3.05, 3.63) is 78.5 Å². The first kappa shape index (κ1) is 44.8. The van der Waals surface area contributed by atoms with Crippen molar-refractivity contribution in [2.75, 3.05) is 20.2 Å². The van der Waals surface area contributed by atoms with E-state index in [9.17, 15) is 28.8 Å². The van der Waals surface area contributed by atoms with Gasteiger partial charge >= 0.3 is 0 Å². The smallest absolute Gasteiger partial charge is 0.243 e. The number of methoxy groups -OCH3 is 1. The molecule has 60 heavy (non-hydrogen) atoms. The monoisotopic (exact) mass is 826 g/mol. The fraction of sp³-hybridized carbons (Fsp3) is 0.488. The largest absolute Gasteiger partial charge is 0.497 e. The summed E-state index contributed by atoms with van der Waals surface area (Å²) in [5, 5.41) is 19.3. The molecule has 1 aliphatic rings. The second kappa shape index (κ2) is 21.1. The summed E-state index contributed by atoms with van der Waals surface area (Å²) >= 11 is 0. The number of carbonyl (C=O) groups is 6. The number of para-hydroxylation sites is 1. The highest BCUT2D eigenvalue weighted by molar-refractivity contribution is 5.96. The summed E-state index contributed by atoms with van der Waals surface area (Å²) in [6.45, 7) is 9.09. The van der Waals surface area contributed by atoms with Crippen molar-refractivity contribution < 1.29 is 33.5 Å². The second-order valence-electron chi connectivity index (χ2n) is 16.1. The molecular weight excluding hydrogens is 769 g/mol. The maximum Gasteiger partial charge on any atom is 0.243 e. The number of benzene rings is 2. The SMILES string of the molecule is COc1ccc(C[C@@H]2NC(=O)[C@H](CC(C)C)NC(=O)[C@@H](Cc3c[nH]c4ccccc34)NC(=O)CN(C(=O)CCCn3cncn3)C[C@H](C(C)C)NC(=O)[C@@H](C)NC2=O)cc1. The molecule has 4 aromatic rings. The fourth-order valence-corrected chi connectivity index (χ4v) is 7.10. The first-order chi connectivity index (χ1) is 28.7. The quantitative estimate of drug-likeness (QED) is 0.123. The van der Waals surface area contributed by atoms with Gasteiger partial charge < -0.3 is 41.2 Å². The van der Waals surface area contributed by atoms with Crippen molar-refractivity contribution in [3.63, 3.8) is 0 Å². The molecular formula is C43H58N10O7. The number of aromatic amines is 1. The summed E-state index contributed by atoms with van der Waals surface area (Å²) in [5.74, 6) is -2.91. The standard InChI is InChI=1S/C43H58N10O7/c1-26(2)18-34-42(58)50-35(19-29-13-15-31(60-6)16-14-29)41(57)47-28(5)40(56)51-37(27(3)4)22-52(39(55)12-9-17-53-25-44-24-46-53)23-38(54)48-36(43(59)49-34)20-30-21-45-33-11-8-7-10-32(30)33/h7-8,10-11,13-16,21,24-28,34-37,45H,9,12,17-20,22-23H2,1-6H3,(H,47,57)(H,48,54)(H,49,59)(H,50,58)(H,51,56)/t28-,34+,35+,36-,37-/m1/s1. The predicted molar refractivity (Wildman–Crippen MR) is 224 cm³/mol. The Bertz CT molecular complexity index is 2080. The third-order valence-electron chi connectivity index (χ3n) is 10.6. The van der Waals surface area contributed by atoms with Gasteiger partial charge in [-0.3, -0.25) is 33.4 Å². The topological polar surface area (TPSA) is 222 Å². The summed E-state index contributed by atoms with van der Waals surface area (Å²) in [4.78, 5) is 92.8. The summed E-state index contributed by atoms with van der Waals surface area (Å²) < 4.78 is 6.90. The molecule has 6 N–H and O–H groups in total. The minimum Gasteiger partial charge on any atom is -0.497 e. The molecule has 1 aliphatic heterocycles. The van der Waals surface area contributed by atoms with E-state index >= 15 is 0 Å². The van der Waals surface area contributed by atoms with Gasteiger partial charge in [-0.15, -0.1) is 0 Å². The molecule has 17 nitrogen and oxygen atoms in total. The molecule has 322 valence electrons. The molecule has 3 heterocycles. The molecule has 0 saturated carbocycles. The molecule has 0 unspecified atom stereocenters. The zero-order valence-electron chi connectivity index (χ0n) is 35.2. The highest BCUT2D eigenvalue weighted by Crippen LogP contribution is 2.20. The molecule has 1 saturated heterocycles. The molecule has 5 rings (SSSR count). The number of rotatable bonds is 12. The van der Waals surface area contributed by atoms with Crippen LogP contribution in [0.2, 0.25) is 0 Å². The molecule has 2 aromatic heterocycles. The Morgan fingerprint density at radius 3 is 2.20 bits per heavy atom. The highest BCUT2D eigenvalue weighted by Gasteiger charge is 2.34. The van der Waals surface area contributed by atoms with Gasteiger partial charge in [0.15, 0.2) is 0 Å². The minimum absolute atomic E-state index is 0.0222. The average Bonchev–Trinajstić information content (AvgIpc) is 3.89. The molecule has 0 bridgehead atoms. The molecule has 0 aliphatic carbocycles. The maximum absolute atomic E-state index is 14.4. The lowest BCUT2D eigenvalue weighted by Gasteiger charge is -2.32. The zero-order chi connectivity index (χ0) is 43.3. The van der Waals surface area contributed by atoms with E-state index in [-0.39, 0.29) is 50.0 Å². The van der Waals surface area contributed by atoms with E-state index in [0.717, 1.165) is 16.5 Å². The summed E-state index contributed by atoms with van der Waals surface area (Å²) in [6.07, 6.45) is 5.56. The Balaban J connectivity index is 1.50. The number of amides is 6. The van der Waals surface area contributed by atoms with E-state index in [1.54, 1.807) is 48.6 Å². The van der Waals surface area contributed by atoms with Crippen molar-refractivity contribution >= 4 is 46.3 Å². The van der Waals surface area contributed by atoms with Crippen LogP contribution in [0.15, 0.2) is 67.4 Å². The number of aromatic nitrogens is 4. The number of ether oxygens (including phenoxy) is 1. The van der Waals surface area contributed by atoms with Gasteiger partial charge in [-0.25, -0.2) is 4.98 Å². The van der Waals surface area contributed by atoms with Crippen LogP contribution in [0.25, 0.3) is 10.9 Å². The van der Waals surface area contributed by atoms with Crippen LogP contribution in [-0.2, 0) is 48.2 Å². The van der Waals surface area contributed by atoms with Gasteiger partial charge in [0.05, 0.1) is 13.7 Å². The molecule has 5 atom stereocenters. The molecule has 0 radical (unpaired) electrons. The normalized spacial score (nSPS) is 21.4. The van der Waals surface area contributed by atoms with E-state index in [1.165, 1.54) is 18.2 Å². The molecule has 0 spiro atoms. The van der Waals surface area contributed by atoms with Crippen LogP contribution in [0, 0.1) is 11.8 Å². The van der Waals surface area contributed by atoms with E-state index < -0.39 is 66.3 Å². The van der Waals surface area contributed by atoms with Crippen molar-refractivity contribution in [3.8, 4) is 5.75 Å². The predicted octanol–water partition coefficient (Wildman–Crippen LogP) is 2.02. The third-order valence-corrected chi connectivity index (χ3v) is 10.6. The summed E-state index contributed by atoms with van der Waals surface area (Å²) in [6, 6.07) is 9.55. The van der Waals surface area contributed by atoms with Gasteiger partial charge in [-0.05, 0) is 60.9 Å². The molecule has 17 heteroatoms. The number of aryl methyl sites for hydroxylation is 1. The maximum atomic E-state index is 14.4. The average molecular weight is 827 g/mol. The van der Waals surface area contributed by atoms with E-state index in [4.69, 9.17) is 4.74 Å². The van der Waals surface area contributed by atoms with Crippen LogP contribution < -0.4 is 31.3 Å². The Labute approximate surface area is 350 Å². The second-order valence-corrected chi connectivity index (χ2v) is 16.1. The van der Waals surface area contributed by atoms with Crippen LogP contribution in [0.4, 0.5) is 0 Å². The summed E-state index contributed by atoms with van der Waals surface area (Å²) in [5.41, 5.74) is 2.32. The first-order valence-corrected chi connectivity index (χ1v) is 20.5. The van der Waals surface area contributed by atoms with Crippen LogP contribution >= 0.6 is 0 Å². The lowest BCUT2D eigenvalue weighted by atomic mass is 9.99. The lowest BCUT2D eigenvalue weighted by Crippen LogP contribution is -2.60. The molecule has 2 aromatic carbocycles. The number of fused-ring (bicyclic) bond motifs is 1. The Hall–Kier alpha value is -6.26. The van der Waals surface area contributed by atoms with Gasteiger partial charge in [0.2, 0.25) is 35.4 Å². The van der Waals surface area contributed by atoms with E-state index in [2.05, 4.69) is 41.7 Å². The van der Waals surface area contributed by atoms with Gasteiger partial charge in [0.1, 0.15) is 42.6 Å². The van der Waals surface area contributed by atoms with E-state index in [1.807, 2.05) is 52.0 Å². The molecule has 6 amide bonds. The number of H-pyrrole nitrogens is 1. The van der Waals surface area contributed by atoms with Gasteiger partial charge in [0, 0.05) is 55.5 Å². The number of carbonyl (C=O) groups excluding carboxylic acids is 6.